The van der Waals surface area contributed by atoms with E-state index in [0.717, 1.165) is 5.57 Å². The van der Waals surface area contributed by atoms with E-state index >= 15 is 0 Å². The van der Waals surface area contributed by atoms with Gasteiger partial charge in [-0.15, -0.1) is 0 Å². The van der Waals surface area contributed by atoms with Gasteiger partial charge in [-0.1, -0.05) is 32.3 Å². The van der Waals surface area contributed by atoms with Crippen molar-refractivity contribution in [2.45, 2.75) is 38.5 Å². The molecule has 0 bridgehead atoms. The molecule has 0 aromatic heterocycles. The molecule has 0 N–H and O–H groups in total. The Morgan fingerprint density at radius 1 is 1.18 bits per heavy atom. The summed E-state index contributed by atoms with van der Waals surface area (Å²) in [4.78, 5) is 0. The molecular formula is C10H15N. The van der Waals surface area contributed by atoms with Gasteiger partial charge in [0.2, 0.25) is 0 Å². The third-order valence-corrected chi connectivity index (χ3v) is 2.49. The molecule has 0 aromatic carbocycles. The summed E-state index contributed by atoms with van der Waals surface area (Å²) in [6.07, 6.45) is 7.62. The van der Waals surface area contributed by atoms with Gasteiger partial charge in [0.25, 0.3) is 0 Å². The third kappa shape index (κ3) is 2.38. The van der Waals surface area contributed by atoms with Crippen LogP contribution in [0.1, 0.15) is 38.5 Å². The maximum absolute atomic E-state index is 8.63. The molecule has 0 radical (unpaired) electrons. The molecule has 0 heterocycles. The van der Waals surface area contributed by atoms with Crippen molar-refractivity contribution >= 4 is 0 Å². The van der Waals surface area contributed by atoms with Crippen molar-refractivity contribution in [1.29, 1.82) is 5.26 Å². The number of rotatable bonds is 1. The standard InChI is InChI=1S/C10H15N/c1-9(8-11)10-6-4-2-3-5-7-10/h10H,1-7H2. The molecule has 0 atom stereocenters. The summed E-state index contributed by atoms with van der Waals surface area (Å²) < 4.78 is 0. The highest BCUT2D eigenvalue weighted by atomic mass is 14.3. The van der Waals surface area contributed by atoms with Gasteiger partial charge in [-0.05, 0) is 18.8 Å². The number of hydrogen-bond acceptors (Lipinski definition) is 1. The lowest BCUT2D eigenvalue weighted by Gasteiger charge is -2.09. The highest BCUT2D eigenvalue weighted by molar-refractivity contribution is 5.19. The molecule has 60 valence electrons. The first-order valence-electron chi connectivity index (χ1n) is 4.43. The molecule has 1 heteroatoms. The zero-order valence-corrected chi connectivity index (χ0v) is 6.97. The van der Waals surface area contributed by atoms with Crippen molar-refractivity contribution < 1.29 is 0 Å². The minimum Gasteiger partial charge on any atom is -0.193 e. The monoisotopic (exact) mass is 149 g/mol. The average Bonchev–Trinajstić information content (AvgIpc) is 2.30. The van der Waals surface area contributed by atoms with Crippen LogP contribution < -0.4 is 0 Å². The Morgan fingerprint density at radius 2 is 1.73 bits per heavy atom. The van der Waals surface area contributed by atoms with Gasteiger partial charge in [0.05, 0.1) is 6.07 Å². The van der Waals surface area contributed by atoms with Gasteiger partial charge >= 0.3 is 0 Å². The predicted molar refractivity (Wildman–Crippen MR) is 45.9 cm³/mol. The van der Waals surface area contributed by atoms with Crippen molar-refractivity contribution in [2.75, 3.05) is 0 Å². The Morgan fingerprint density at radius 3 is 2.18 bits per heavy atom. The van der Waals surface area contributed by atoms with Gasteiger partial charge in [-0.3, -0.25) is 0 Å². The molecule has 0 amide bonds. The highest BCUT2D eigenvalue weighted by Crippen LogP contribution is 2.27. The van der Waals surface area contributed by atoms with Crippen LogP contribution in [0.5, 0.6) is 0 Å². The number of hydrogen-bond donors (Lipinski definition) is 0. The summed E-state index contributed by atoms with van der Waals surface area (Å²) in [5.41, 5.74) is 0.798. The smallest absolute Gasteiger partial charge is 0.0943 e. The second-order valence-electron chi connectivity index (χ2n) is 3.33. The van der Waals surface area contributed by atoms with E-state index in [2.05, 4.69) is 12.6 Å². The summed E-state index contributed by atoms with van der Waals surface area (Å²) >= 11 is 0. The van der Waals surface area contributed by atoms with Crippen molar-refractivity contribution in [3.8, 4) is 6.07 Å². The van der Waals surface area contributed by atoms with E-state index in [0.29, 0.717) is 5.92 Å². The topological polar surface area (TPSA) is 23.8 Å². The Labute approximate surface area is 68.7 Å². The summed E-state index contributed by atoms with van der Waals surface area (Å²) in [5, 5.41) is 8.63. The molecule has 1 fully saturated rings. The summed E-state index contributed by atoms with van der Waals surface area (Å²) in [7, 11) is 0. The second-order valence-corrected chi connectivity index (χ2v) is 3.33. The maximum atomic E-state index is 8.63. The summed E-state index contributed by atoms with van der Waals surface area (Å²) in [6.45, 7) is 3.78. The van der Waals surface area contributed by atoms with E-state index < -0.39 is 0 Å². The number of nitriles is 1. The number of allylic oxidation sites excluding steroid dienone is 1. The van der Waals surface area contributed by atoms with Crippen LogP contribution in [0.2, 0.25) is 0 Å². The summed E-state index contributed by atoms with van der Waals surface area (Å²) in [6, 6.07) is 2.17. The van der Waals surface area contributed by atoms with Gasteiger partial charge in [0.1, 0.15) is 0 Å². The minimum atomic E-state index is 0.502. The Kier molecular flexibility index (Phi) is 3.16. The molecule has 0 aliphatic heterocycles. The molecule has 1 saturated carbocycles. The molecule has 1 aliphatic rings. The van der Waals surface area contributed by atoms with Gasteiger partial charge in [-0.25, -0.2) is 0 Å². The van der Waals surface area contributed by atoms with Crippen LogP contribution in [-0.2, 0) is 0 Å². The zero-order chi connectivity index (χ0) is 8.10. The van der Waals surface area contributed by atoms with Crippen LogP contribution in [0.4, 0.5) is 0 Å². The van der Waals surface area contributed by atoms with Crippen molar-refractivity contribution in [3.05, 3.63) is 12.2 Å². The van der Waals surface area contributed by atoms with Crippen LogP contribution in [0, 0.1) is 17.2 Å². The Balaban J connectivity index is 2.44. The fourth-order valence-electron chi connectivity index (χ4n) is 1.72. The van der Waals surface area contributed by atoms with E-state index in [1.165, 1.54) is 38.5 Å². The van der Waals surface area contributed by atoms with Crippen LogP contribution in [0.25, 0.3) is 0 Å². The van der Waals surface area contributed by atoms with E-state index in [1.807, 2.05) is 0 Å². The van der Waals surface area contributed by atoms with Crippen LogP contribution in [0.15, 0.2) is 12.2 Å². The second kappa shape index (κ2) is 4.18. The fraction of sp³-hybridized carbons (Fsp3) is 0.700. The van der Waals surface area contributed by atoms with Gasteiger partial charge in [0.15, 0.2) is 0 Å². The molecular weight excluding hydrogens is 134 g/mol. The molecule has 0 spiro atoms. The van der Waals surface area contributed by atoms with Crippen LogP contribution in [0.3, 0.4) is 0 Å². The van der Waals surface area contributed by atoms with Gasteiger partial charge in [-0.2, -0.15) is 5.26 Å². The SMILES string of the molecule is C=C(C#N)C1CCCCCC1. The third-order valence-electron chi connectivity index (χ3n) is 2.49. The van der Waals surface area contributed by atoms with Crippen molar-refractivity contribution in [1.82, 2.24) is 0 Å². The van der Waals surface area contributed by atoms with E-state index in [4.69, 9.17) is 5.26 Å². The first kappa shape index (κ1) is 8.33. The van der Waals surface area contributed by atoms with Crippen molar-refractivity contribution in [3.63, 3.8) is 0 Å². The quantitative estimate of drug-likeness (QED) is 0.415. The van der Waals surface area contributed by atoms with Gasteiger partial charge in [0, 0.05) is 5.57 Å². The summed E-state index contributed by atoms with van der Waals surface area (Å²) in [5.74, 6) is 0.502. The largest absolute Gasteiger partial charge is 0.193 e. The van der Waals surface area contributed by atoms with E-state index in [1.54, 1.807) is 0 Å². The fourth-order valence-corrected chi connectivity index (χ4v) is 1.72. The van der Waals surface area contributed by atoms with Crippen LogP contribution >= 0.6 is 0 Å². The molecule has 0 aromatic rings. The predicted octanol–water partition coefficient (Wildman–Crippen LogP) is 3.04. The molecule has 11 heavy (non-hydrogen) atoms. The average molecular weight is 149 g/mol. The molecule has 1 nitrogen and oxygen atoms in total. The van der Waals surface area contributed by atoms with E-state index in [-0.39, 0.29) is 0 Å². The first-order valence-corrected chi connectivity index (χ1v) is 4.43. The van der Waals surface area contributed by atoms with Crippen LogP contribution in [-0.4, -0.2) is 0 Å². The first-order chi connectivity index (χ1) is 5.34. The number of nitrogens with zero attached hydrogens (tertiary/aromatic N) is 1. The zero-order valence-electron chi connectivity index (χ0n) is 6.97. The minimum absolute atomic E-state index is 0.502. The lowest BCUT2D eigenvalue weighted by Crippen LogP contribution is -1.99. The molecule has 1 rings (SSSR count). The lowest BCUT2D eigenvalue weighted by molar-refractivity contribution is 0.543. The van der Waals surface area contributed by atoms with Gasteiger partial charge < -0.3 is 0 Å². The highest BCUT2D eigenvalue weighted by Gasteiger charge is 2.14. The lowest BCUT2D eigenvalue weighted by atomic mass is 9.94. The molecule has 0 saturated heterocycles. The Bertz CT molecular complexity index is 168. The van der Waals surface area contributed by atoms with Crippen molar-refractivity contribution in [2.24, 2.45) is 5.92 Å². The normalized spacial score (nSPS) is 20.3. The maximum Gasteiger partial charge on any atom is 0.0943 e. The Hall–Kier alpha value is -0.770. The van der Waals surface area contributed by atoms with E-state index in [9.17, 15) is 0 Å². The molecule has 0 unspecified atom stereocenters. The molecule has 1 aliphatic carbocycles.